The molecule has 0 spiro atoms. The van der Waals surface area contributed by atoms with Crippen molar-refractivity contribution in [2.75, 3.05) is 23.4 Å². The number of alkyl halides is 3. The van der Waals surface area contributed by atoms with Gasteiger partial charge in [0.1, 0.15) is 6.73 Å². The maximum absolute atomic E-state index is 14.1. The Kier molecular flexibility index (Phi) is 9.13. The molecule has 8 nitrogen and oxygen atoms in total. The molecule has 0 aliphatic rings. The number of halogens is 3. The van der Waals surface area contributed by atoms with E-state index >= 15 is 0 Å². The van der Waals surface area contributed by atoms with Gasteiger partial charge in [-0.15, -0.1) is 0 Å². The standard InChI is InChI=1S/C24H31F3N4O4SSi/c1-5-15-36(32,33)31(17-34-14-16-37(2,3)4)22-23(30-20-9-7-6-8-19(20)29-22)35-21(24(25,26)27)18-10-12-28-13-11-18/h6-13,21H,5,14-17H2,1-4H3. The van der Waals surface area contributed by atoms with Crippen molar-refractivity contribution in [2.45, 2.75) is 51.3 Å². The predicted octanol–water partition coefficient (Wildman–Crippen LogP) is 5.57. The fraction of sp³-hybridized carbons (Fsp3) is 0.458. The molecule has 0 saturated heterocycles. The van der Waals surface area contributed by atoms with E-state index in [1.807, 2.05) is 0 Å². The topological polar surface area (TPSA) is 94.5 Å². The Morgan fingerprint density at radius 3 is 2.22 bits per heavy atom. The van der Waals surface area contributed by atoms with E-state index in [1.54, 1.807) is 31.2 Å². The molecular formula is C24H31F3N4O4SSi. The first-order chi connectivity index (χ1) is 17.3. The fourth-order valence-electron chi connectivity index (χ4n) is 3.36. The van der Waals surface area contributed by atoms with Gasteiger partial charge in [-0.2, -0.15) is 13.2 Å². The second kappa shape index (κ2) is 11.7. The summed E-state index contributed by atoms with van der Waals surface area (Å²) >= 11 is 0. The van der Waals surface area contributed by atoms with Gasteiger partial charge in [0.2, 0.25) is 21.9 Å². The molecule has 37 heavy (non-hydrogen) atoms. The van der Waals surface area contributed by atoms with Gasteiger partial charge in [-0.05, 0) is 36.7 Å². The quantitative estimate of drug-likeness (QED) is 0.164. The predicted molar refractivity (Wildman–Crippen MR) is 139 cm³/mol. The number of hydrogen-bond acceptors (Lipinski definition) is 7. The van der Waals surface area contributed by atoms with E-state index in [2.05, 4.69) is 34.6 Å². The Morgan fingerprint density at radius 2 is 1.65 bits per heavy atom. The monoisotopic (exact) mass is 556 g/mol. The van der Waals surface area contributed by atoms with Crippen molar-refractivity contribution in [3.8, 4) is 5.88 Å². The molecular weight excluding hydrogens is 525 g/mol. The summed E-state index contributed by atoms with van der Waals surface area (Å²) in [4.78, 5) is 12.4. The van der Waals surface area contributed by atoms with Gasteiger partial charge in [0, 0.05) is 32.6 Å². The lowest BCUT2D eigenvalue weighted by Crippen LogP contribution is -2.37. The molecule has 2 heterocycles. The summed E-state index contributed by atoms with van der Waals surface area (Å²) < 4.78 is 80.9. The minimum absolute atomic E-state index is 0.210. The third-order valence-corrected chi connectivity index (χ3v) is 8.87. The zero-order valence-corrected chi connectivity index (χ0v) is 23.0. The molecule has 202 valence electrons. The fourth-order valence-corrected chi connectivity index (χ4v) is 5.47. The molecule has 0 aliphatic carbocycles. The van der Waals surface area contributed by atoms with Crippen molar-refractivity contribution < 1.29 is 31.1 Å². The molecule has 1 aromatic carbocycles. The Balaban J connectivity index is 2.11. The lowest BCUT2D eigenvalue weighted by Gasteiger charge is -2.27. The molecule has 2 aromatic heterocycles. The molecule has 0 N–H and O–H groups in total. The highest BCUT2D eigenvalue weighted by Crippen LogP contribution is 2.39. The maximum Gasteiger partial charge on any atom is 0.429 e. The number of rotatable bonds is 12. The first-order valence-electron chi connectivity index (χ1n) is 11.8. The van der Waals surface area contributed by atoms with Crippen LogP contribution in [-0.4, -0.2) is 56.7 Å². The van der Waals surface area contributed by atoms with Crippen LogP contribution >= 0.6 is 0 Å². The summed E-state index contributed by atoms with van der Waals surface area (Å²) in [5.41, 5.74) is 0.346. The highest BCUT2D eigenvalue weighted by molar-refractivity contribution is 7.92. The van der Waals surface area contributed by atoms with Crippen molar-refractivity contribution in [1.82, 2.24) is 15.0 Å². The number of pyridine rings is 1. The van der Waals surface area contributed by atoms with E-state index < -0.39 is 43.0 Å². The third kappa shape index (κ3) is 7.85. The van der Waals surface area contributed by atoms with Gasteiger partial charge in [-0.3, -0.25) is 4.98 Å². The zero-order chi connectivity index (χ0) is 27.3. The Bertz CT molecular complexity index is 1290. The molecule has 1 unspecified atom stereocenters. The number of para-hydroxylation sites is 2. The highest BCUT2D eigenvalue weighted by Gasteiger charge is 2.44. The number of ether oxygens (including phenoxy) is 2. The number of anilines is 1. The van der Waals surface area contributed by atoms with E-state index in [-0.39, 0.29) is 29.1 Å². The maximum atomic E-state index is 14.1. The van der Waals surface area contributed by atoms with E-state index in [0.717, 1.165) is 10.3 Å². The van der Waals surface area contributed by atoms with Crippen LogP contribution in [0, 0.1) is 0 Å². The minimum Gasteiger partial charge on any atom is -0.457 e. The van der Waals surface area contributed by atoms with Crippen LogP contribution in [0.1, 0.15) is 25.0 Å². The van der Waals surface area contributed by atoms with Crippen molar-refractivity contribution in [3.05, 3.63) is 54.4 Å². The van der Waals surface area contributed by atoms with E-state index in [9.17, 15) is 21.6 Å². The molecule has 3 aromatic rings. The Labute approximate surface area is 215 Å². The number of sulfonamides is 1. The van der Waals surface area contributed by atoms with Gasteiger partial charge in [0.05, 0.1) is 16.8 Å². The van der Waals surface area contributed by atoms with Gasteiger partial charge in [-0.25, -0.2) is 22.7 Å². The molecule has 0 saturated carbocycles. The van der Waals surface area contributed by atoms with Crippen LogP contribution < -0.4 is 9.04 Å². The molecule has 3 rings (SSSR count). The summed E-state index contributed by atoms with van der Waals surface area (Å²) in [7, 11) is -5.50. The van der Waals surface area contributed by atoms with E-state index in [1.165, 1.54) is 24.5 Å². The molecule has 13 heteroatoms. The SMILES string of the molecule is CCCS(=O)(=O)N(COCC[Si](C)(C)C)c1nc2ccccc2nc1OC(c1ccncc1)C(F)(F)F. The van der Waals surface area contributed by atoms with Crippen molar-refractivity contribution >= 4 is 34.9 Å². The average Bonchev–Trinajstić information content (AvgIpc) is 2.81. The van der Waals surface area contributed by atoms with Gasteiger partial charge < -0.3 is 9.47 Å². The molecule has 0 bridgehead atoms. The lowest BCUT2D eigenvalue weighted by molar-refractivity contribution is -0.198. The summed E-state index contributed by atoms with van der Waals surface area (Å²) in [5, 5.41) is 0. The lowest BCUT2D eigenvalue weighted by atomic mass is 10.1. The summed E-state index contributed by atoms with van der Waals surface area (Å²) in [6.07, 6.45) is -4.53. The molecule has 0 radical (unpaired) electrons. The van der Waals surface area contributed by atoms with Gasteiger partial charge in [0.15, 0.2) is 0 Å². The van der Waals surface area contributed by atoms with Crippen LogP contribution in [0.2, 0.25) is 25.7 Å². The number of fused-ring (bicyclic) bond motifs is 1. The number of benzene rings is 1. The molecule has 1 atom stereocenters. The van der Waals surface area contributed by atoms with Crippen LogP contribution in [0.4, 0.5) is 19.0 Å². The summed E-state index contributed by atoms with van der Waals surface area (Å²) in [5.74, 6) is -1.18. The Hall–Kier alpha value is -2.77. The van der Waals surface area contributed by atoms with Crippen LogP contribution in [0.15, 0.2) is 48.8 Å². The molecule has 0 fully saturated rings. The van der Waals surface area contributed by atoms with Crippen LogP contribution in [-0.2, 0) is 14.8 Å². The van der Waals surface area contributed by atoms with E-state index in [0.29, 0.717) is 12.1 Å². The summed E-state index contributed by atoms with van der Waals surface area (Å²) in [6.45, 7) is 8.01. The number of aromatic nitrogens is 3. The highest BCUT2D eigenvalue weighted by atomic mass is 32.2. The second-order valence-electron chi connectivity index (χ2n) is 9.67. The van der Waals surface area contributed by atoms with Crippen molar-refractivity contribution in [3.63, 3.8) is 0 Å². The molecule has 0 amide bonds. The normalized spacial score (nSPS) is 13.5. The average molecular weight is 557 g/mol. The van der Waals surface area contributed by atoms with Crippen molar-refractivity contribution in [1.29, 1.82) is 0 Å². The second-order valence-corrected chi connectivity index (χ2v) is 17.3. The first kappa shape index (κ1) is 28.8. The largest absolute Gasteiger partial charge is 0.457 e. The van der Waals surface area contributed by atoms with Crippen molar-refractivity contribution in [2.24, 2.45) is 0 Å². The number of hydrogen-bond donors (Lipinski definition) is 0. The minimum atomic E-state index is -4.83. The number of nitrogens with zero attached hydrogens (tertiary/aromatic N) is 4. The van der Waals surface area contributed by atoms with Crippen LogP contribution in [0.25, 0.3) is 11.0 Å². The zero-order valence-electron chi connectivity index (χ0n) is 21.2. The summed E-state index contributed by atoms with van der Waals surface area (Å²) in [6, 6.07) is 9.61. The van der Waals surface area contributed by atoms with Crippen LogP contribution in [0.5, 0.6) is 5.88 Å². The Morgan fingerprint density at radius 1 is 1.03 bits per heavy atom. The van der Waals surface area contributed by atoms with Gasteiger partial charge >= 0.3 is 6.18 Å². The first-order valence-corrected chi connectivity index (χ1v) is 17.1. The van der Waals surface area contributed by atoms with Crippen LogP contribution in [0.3, 0.4) is 0 Å². The molecule has 0 aliphatic heterocycles. The van der Waals surface area contributed by atoms with Gasteiger partial charge in [-0.1, -0.05) is 38.7 Å². The smallest absolute Gasteiger partial charge is 0.429 e. The third-order valence-electron chi connectivity index (χ3n) is 5.30. The van der Waals surface area contributed by atoms with E-state index in [4.69, 9.17) is 9.47 Å². The van der Waals surface area contributed by atoms with Gasteiger partial charge in [0.25, 0.3) is 5.88 Å².